The summed E-state index contributed by atoms with van der Waals surface area (Å²) in [5.74, 6) is 0.573. The Morgan fingerprint density at radius 3 is 2.92 bits per heavy atom. The van der Waals surface area contributed by atoms with E-state index in [0.29, 0.717) is 5.92 Å². The lowest BCUT2D eigenvalue weighted by molar-refractivity contribution is 0.166. The van der Waals surface area contributed by atoms with E-state index in [1.165, 1.54) is 34.8 Å². The highest BCUT2D eigenvalue weighted by Crippen LogP contribution is 2.29. The predicted octanol–water partition coefficient (Wildman–Crippen LogP) is 2.41. The summed E-state index contributed by atoms with van der Waals surface area (Å²) in [4.78, 5) is 25.1. The van der Waals surface area contributed by atoms with Gasteiger partial charge in [-0.3, -0.25) is 14.3 Å². The van der Waals surface area contributed by atoms with Gasteiger partial charge in [-0.2, -0.15) is 0 Å². The fourth-order valence-electron chi connectivity index (χ4n) is 3.80. The lowest BCUT2D eigenvalue weighted by Gasteiger charge is -2.31. The minimum Gasteiger partial charge on any atom is -0.299 e. The van der Waals surface area contributed by atoms with Gasteiger partial charge in [-0.15, -0.1) is 11.3 Å². The molecule has 0 amide bonds. The van der Waals surface area contributed by atoms with Gasteiger partial charge in [-0.05, 0) is 58.0 Å². The van der Waals surface area contributed by atoms with Crippen LogP contribution in [-0.2, 0) is 25.9 Å². The van der Waals surface area contributed by atoms with E-state index in [9.17, 15) is 4.79 Å². The fraction of sp³-hybridized carbons (Fsp3) is 0.611. The summed E-state index contributed by atoms with van der Waals surface area (Å²) >= 11 is 1.92. The average Bonchev–Trinajstić information content (AvgIpc) is 3.15. The van der Waals surface area contributed by atoms with Crippen LogP contribution in [0.5, 0.6) is 0 Å². The zero-order valence-electron chi connectivity index (χ0n) is 14.2. The second kappa shape index (κ2) is 6.76. The molecule has 0 atom stereocenters. The molecular formula is C18H24N4OS. The number of hydrogen-bond donors (Lipinski definition) is 0. The van der Waals surface area contributed by atoms with Gasteiger partial charge in [0.15, 0.2) is 0 Å². The first-order chi connectivity index (χ1) is 11.7. The first-order valence-corrected chi connectivity index (χ1v) is 9.71. The van der Waals surface area contributed by atoms with E-state index < -0.39 is 0 Å². The van der Waals surface area contributed by atoms with Gasteiger partial charge in [0, 0.05) is 23.2 Å². The highest BCUT2D eigenvalue weighted by atomic mass is 32.1. The highest BCUT2D eigenvalue weighted by Gasteiger charge is 2.22. The van der Waals surface area contributed by atoms with Gasteiger partial charge in [0.2, 0.25) is 0 Å². The van der Waals surface area contributed by atoms with Gasteiger partial charge in [0.1, 0.15) is 5.01 Å². The van der Waals surface area contributed by atoms with Crippen LogP contribution in [0.3, 0.4) is 0 Å². The molecule has 0 N–H and O–H groups in total. The normalized spacial score (nSPS) is 18.9. The molecule has 0 aromatic carbocycles. The smallest absolute Gasteiger partial charge is 0.256 e. The molecule has 3 heterocycles. The Kier molecular flexibility index (Phi) is 4.50. The minimum atomic E-state index is 0.102. The summed E-state index contributed by atoms with van der Waals surface area (Å²) in [7, 11) is 0. The summed E-state index contributed by atoms with van der Waals surface area (Å²) in [6.07, 6.45) is 9.30. The van der Waals surface area contributed by atoms with Crippen molar-refractivity contribution in [3.05, 3.63) is 44.0 Å². The summed E-state index contributed by atoms with van der Waals surface area (Å²) < 4.78 is 1.78. The van der Waals surface area contributed by atoms with Gasteiger partial charge in [0.05, 0.1) is 18.6 Å². The Hall–Kier alpha value is -1.53. The van der Waals surface area contributed by atoms with Crippen LogP contribution in [0.2, 0.25) is 0 Å². The number of aryl methyl sites for hydroxylation is 3. The van der Waals surface area contributed by atoms with Gasteiger partial charge in [-0.1, -0.05) is 0 Å². The molecule has 1 aliphatic carbocycles. The second-order valence-corrected chi connectivity index (χ2v) is 8.25. The summed E-state index contributed by atoms with van der Waals surface area (Å²) in [6, 6.07) is 0. The van der Waals surface area contributed by atoms with Crippen molar-refractivity contribution < 1.29 is 0 Å². The van der Waals surface area contributed by atoms with Crippen molar-refractivity contribution >= 4 is 11.3 Å². The molecule has 1 aliphatic heterocycles. The predicted molar refractivity (Wildman–Crippen MR) is 95.4 cm³/mol. The molecule has 128 valence electrons. The molecule has 0 spiro atoms. The Balaban J connectivity index is 1.31. The van der Waals surface area contributed by atoms with E-state index in [0.717, 1.165) is 44.6 Å². The molecule has 1 saturated heterocycles. The summed E-state index contributed by atoms with van der Waals surface area (Å²) in [5, 5.41) is 1.29. The van der Waals surface area contributed by atoms with E-state index in [4.69, 9.17) is 4.98 Å². The second-order valence-electron chi connectivity index (χ2n) is 7.08. The molecule has 2 aliphatic rings. The lowest BCUT2D eigenvalue weighted by atomic mass is 9.96. The van der Waals surface area contributed by atoms with Gasteiger partial charge in [-0.25, -0.2) is 9.97 Å². The quantitative estimate of drug-likeness (QED) is 0.855. The Morgan fingerprint density at radius 1 is 1.29 bits per heavy atom. The number of rotatable bonds is 4. The molecule has 1 fully saturated rings. The van der Waals surface area contributed by atoms with Gasteiger partial charge < -0.3 is 0 Å². The number of hydrogen-bond acceptors (Lipinski definition) is 5. The van der Waals surface area contributed by atoms with Crippen LogP contribution in [0.15, 0.2) is 17.3 Å². The van der Waals surface area contributed by atoms with Gasteiger partial charge >= 0.3 is 0 Å². The van der Waals surface area contributed by atoms with Crippen molar-refractivity contribution in [3.8, 4) is 0 Å². The molecule has 5 nitrogen and oxygen atoms in total. The van der Waals surface area contributed by atoms with Gasteiger partial charge in [0.25, 0.3) is 5.56 Å². The monoisotopic (exact) mass is 344 g/mol. The van der Waals surface area contributed by atoms with Crippen LogP contribution in [-0.4, -0.2) is 32.5 Å². The summed E-state index contributed by atoms with van der Waals surface area (Å²) in [5.41, 5.74) is 2.19. The van der Waals surface area contributed by atoms with E-state index in [-0.39, 0.29) is 5.56 Å². The Bertz CT molecular complexity index is 752. The van der Waals surface area contributed by atoms with Crippen molar-refractivity contribution in [2.24, 2.45) is 5.92 Å². The number of thiazole rings is 1. The SMILES string of the molecule is Cc1cncn(CC2CCN(Cc3nc4c(s3)CCC4)CC2)c1=O. The number of aromatic nitrogens is 3. The number of likely N-dealkylation sites (tertiary alicyclic amines) is 1. The van der Waals surface area contributed by atoms with E-state index >= 15 is 0 Å². The average molecular weight is 344 g/mol. The number of piperidine rings is 1. The third-order valence-electron chi connectivity index (χ3n) is 5.23. The van der Waals surface area contributed by atoms with E-state index in [1.807, 2.05) is 18.3 Å². The molecule has 2 aromatic rings. The fourth-order valence-corrected chi connectivity index (χ4v) is 5.00. The zero-order valence-corrected chi connectivity index (χ0v) is 15.0. The van der Waals surface area contributed by atoms with E-state index in [1.54, 1.807) is 17.1 Å². The molecule has 0 radical (unpaired) electrons. The van der Waals surface area contributed by atoms with Crippen molar-refractivity contribution in [2.45, 2.75) is 52.1 Å². The van der Waals surface area contributed by atoms with Crippen molar-refractivity contribution in [3.63, 3.8) is 0 Å². The van der Waals surface area contributed by atoms with Crippen molar-refractivity contribution in [1.82, 2.24) is 19.4 Å². The van der Waals surface area contributed by atoms with Crippen LogP contribution in [0.1, 0.15) is 40.4 Å². The zero-order chi connectivity index (χ0) is 16.5. The standard InChI is InChI=1S/C18H24N4OS/c1-13-9-19-12-22(18(13)23)10-14-5-7-21(8-6-14)11-17-20-15-3-2-4-16(15)24-17/h9,12,14H,2-8,10-11H2,1H3. The molecule has 24 heavy (non-hydrogen) atoms. The maximum atomic E-state index is 12.1. The molecule has 0 bridgehead atoms. The van der Waals surface area contributed by atoms with Crippen LogP contribution in [0.25, 0.3) is 0 Å². The molecule has 2 aromatic heterocycles. The largest absolute Gasteiger partial charge is 0.299 e. The molecule has 0 saturated carbocycles. The number of nitrogens with zero attached hydrogens (tertiary/aromatic N) is 4. The van der Waals surface area contributed by atoms with Crippen LogP contribution in [0, 0.1) is 12.8 Å². The highest BCUT2D eigenvalue weighted by molar-refractivity contribution is 7.11. The Morgan fingerprint density at radius 2 is 2.12 bits per heavy atom. The minimum absolute atomic E-state index is 0.102. The maximum absolute atomic E-state index is 12.1. The topological polar surface area (TPSA) is 51.0 Å². The summed E-state index contributed by atoms with van der Waals surface area (Å²) in [6.45, 7) is 5.83. The maximum Gasteiger partial charge on any atom is 0.256 e. The Labute approximate surface area is 146 Å². The van der Waals surface area contributed by atoms with Crippen LogP contribution >= 0.6 is 11.3 Å². The van der Waals surface area contributed by atoms with E-state index in [2.05, 4.69) is 9.88 Å². The first kappa shape index (κ1) is 16.0. The number of fused-ring (bicyclic) bond motifs is 1. The van der Waals surface area contributed by atoms with Crippen molar-refractivity contribution in [2.75, 3.05) is 13.1 Å². The molecular weight excluding hydrogens is 320 g/mol. The first-order valence-electron chi connectivity index (χ1n) is 8.90. The van der Waals surface area contributed by atoms with Crippen molar-refractivity contribution in [1.29, 1.82) is 0 Å². The molecule has 6 heteroatoms. The van der Waals surface area contributed by atoms with Crippen LogP contribution < -0.4 is 5.56 Å². The third-order valence-corrected chi connectivity index (χ3v) is 6.38. The lowest BCUT2D eigenvalue weighted by Crippen LogP contribution is -2.36. The van der Waals surface area contributed by atoms with Crippen LogP contribution in [0.4, 0.5) is 0 Å². The molecule has 4 rings (SSSR count). The molecule has 0 unspecified atom stereocenters. The third kappa shape index (κ3) is 3.30.